The Morgan fingerprint density at radius 3 is 1.31 bits per heavy atom. The van der Waals surface area contributed by atoms with Crippen LogP contribution in [-0.2, 0) is 9.59 Å². The number of carbonyl (C=O) groups is 2. The molecule has 2 N–H and O–H groups in total. The molecule has 0 aromatic heterocycles. The number of aliphatic carboxylic acids is 2. The first kappa shape index (κ1) is 15.3. The molecule has 0 rings (SSSR count). The van der Waals surface area contributed by atoms with Crippen molar-refractivity contribution in [1.29, 1.82) is 0 Å². The van der Waals surface area contributed by atoms with E-state index < -0.39 is 11.9 Å². The van der Waals surface area contributed by atoms with Crippen LogP contribution in [0.3, 0.4) is 0 Å². The molecule has 3 radical (unpaired) electrons. The van der Waals surface area contributed by atoms with Crippen molar-refractivity contribution in [3.8, 4) is 0 Å². The van der Waals surface area contributed by atoms with Gasteiger partial charge in [-0.2, -0.15) is 0 Å². The van der Waals surface area contributed by atoms with E-state index in [1.807, 2.05) is 0 Å². The number of rotatable bonds is 7. The molecule has 0 aromatic carbocycles. The summed E-state index contributed by atoms with van der Waals surface area (Å²) in [5.41, 5.74) is 0. The van der Waals surface area contributed by atoms with Crippen molar-refractivity contribution >= 4 is 38.1 Å². The number of unbranched alkanes of at least 4 members (excludes halogenated alkanes) is 3. The van der Waals surface area contributed by atoms with Crippen LogP contribution in [0.15, 0.2) is 0 Å². The van der Waals surface area contributed by atoms with Crippen LogP contribution >= 0.6 is 0 Å². The third-order valence-electron chi connectivity index (χ3n) is 1.53. The van der Waals surface area contributed by atoms with Gasteiger partial charge in [-0.3, -0.25) is 9.59 Å². The molecule has 0 heterocycles. The Morgan fingerprint density at radius 2 is 1.08 bits per heavy atom. The van der Waals surface area contributed by atoms with E-state index in [4.69, 9.17) is 10.2 Å². The molecule has 4 nitrogen and oxygen atoms in total. The van der Waals surface area contributed by atoms with Crippen LogP contribution in [0.2, 0.25) is 0 Å². The summed E-state index contributed by atoms with van der Waals surface area (Å²) in [5, 5.41) is 16.5. The van der Waals surface area contributed by atoms with Crippen molar-refractivity contribution in [2.75, 3.05) is 0 Å². The van der Waals surface area contributed by atoms with Crippen molar-refractivity contribution in [3.63, 3.8) is 0 Å². The van der Waals surface area contributed by atoms with Crippen molar-refractivity contribution in [2.24, 2.45) is 0 Å². The van der Waals surface area contributed by atoms with Gasteiger partial charge in [0.25, 0.3) is 0 Å². The minimum absolute atomic E-state index is 0. The van der Waals surface area contributed by atoms with E-state index in [1.165, 1.54) is 0 Å². The number of carboxylic acid groups (broad SMARTS) is 2. The fourth-order valence-corrected chi connectivity index (χ4v) is 0.906. The maximum atomic E-state index is 10.0. The summed E-state index contributed by atoms with van der Waals surface area (Å²) in [6, 6.07) is 0. The summed E-state index contributed by atoms with van der Waals surface area (Å²) in [4.78, 5) is 20.1. The van der Waals surface area contributed by atoms with E-state index in [0.717, 1.165) is 12.8 Å². The Kier molecular flexibility index (Phi) is 11.7. The Balaban J connectivity index is 0. The second-order valence-electron chi connectivity index (χ2n) is 2.70. The third-order valence-corrected chi connectivity index (χ3v) is 1.53. The van der Waals surface area contributed by atoms with Crippen LogP contribution in [0, 0.1) is 0 Å². The van der Waals surface area contributed by atoms with Gasteiger partial charge in [-0.1, -0.05) is 12.8 Å². The molecule has 0 aliphatic rings. The average molecular weight is 383 g/mol. The summed E-state index contributed by atoms with van der Waals surface area (Å²) in [6.07, 6.45) is 3.28. The van der Waals surface area contributed by atoms with Crippen LogP contribution in [0.25, 0.3) is 0 Å². The molecule has 0 amide bonds. The van der Waals surface area contributed by atoms with Gasteiger partial charge in [0.1, 0.15) is 0 Å². The SMILES string of the molecule is O=C(O)CCCCCCC(=O)O.[Bi]. The standard InChI is InChI=1S/C8H14O4.Bi/c9-7(10)5-3-1-2-4-6-8(11)12;/h1-6H2,(H,9,10)(H,11,12);. The monoisotopic (exact) mass is 383 g/mol. The molecule has 5 heteroatoms. The molecule has 75 valence electrons. The van der Waals surface area contributed by atoms with Gasteiger partial charge in [-0.25, -0.2) is 0 Å². The van der Waals surface area contributed by atoms with Crippen molar-refractivity contribution < 1.29 is 19.8 Å². The molecule has 0 fully saturated rings. The fraction of sp³-hybridized carbons (Fsp3) is 0.750. The Labute approximate surface area is 96.5 Å². The van der Waals surface area contributed by atoms with E-state index in [2.05, 4.69) is 0 Å². The minimum atomic E-state index is -0.784. The first-order valence-electron chi connectivity index (χ1n) is 4.06. The number of carboxylic acids is 2. The largest absolute Gasteiger partial charge is 0.481 e. The van der Waals surface area contributed by atoms with Gasteiger partial charge in [0.2, 0.25) is 0 Å². The third kappa shape index (κ3) is 14.7. The maximum Gasteiger partial charge on any atom is 0.303 e. The topological polar surface area (TPSA) is 74.6 Å². The summed E-state index contributed by atoms with van der Waals surface area (Å²) >= 11 is 0. The smallest absolute Gasteiger partial charge is 0.303 e. The zero-order valence-corrected chi connectivity index (χ0v) is 10.9. The van der Waals surface area contributed by atoms with Crippen LogP contribution < -0.4 is 0 Å². The predicted octanol–water partition coefficient (Wildman–Crippen LogP) is 1.12. The first-order valence-corrected chi connectivity index (χ1v) is 4.06. The van der Waals surface area contributed by atoms with E-state index in [-0.39, 0.29) is 39.0 Å². The molecular weight excluding hydrogens is 369 g/mol. The van der Waals surface area contributed by atoms with Gasteiger partial charge >= 0.3 is 11.9 Å². The zero-order chi connectivity index (χ0) is 9.40. The van der Waals surface area contributed by atoms with E-state index in [0.29, 0.717) is 12.8 Å². The second kappa shape index (κ2) is 9.91. The second-order valence-corrected chi connectivity index (χ2v) is 2.70. The normalized spacial score (nSPS) is 8.92. The van der Waals surface area contributed by atoms with Gasteiger partial charge < -0.3 is 10.2 Å². The number of hydrogen-bond donors (Lipinski definition) is 2. The molecule has 13 heavy (non-hydrogen) atoms. The van der Waals surface area contributed by atoms with Crippen LogP contribution in [0.4, 0.5) is 0 Å². The van der Waals surface area contributed by atoms with Crippen LogP contribution in [-0.4, -0.2) is 48.4 Å². The van der Waals surface area contributed by atoms with E-state index >= 15 is 0 Å². The average Bonchev–Trinajstić information content (AvgIpc) is 1.95. The Bertz CT molecular complexity index is 140. The molecule has 0 aliphatic heterocycles. The van der Waals surface area contributed by atoms with Gasteiger partial charge in [-0.15, -0.1) is 0 Å². The molecule has 0 aliphatic carbocycles. The Morgan fingerprint density at radius 1 is 0.769 bits per heavy atom. The Hall–Kier alpha value is -0.177. The minimum Gasteiger partial charge on any atom is -0.481 e. The molecule has 0 saturated heterocycles. The molecule has 0 bridgehead atoms. The fourth-order valence-electron chi connectivity index (χ4n) is 0.906. The quantitative estimate of drug-likeness (QED) is 0.511. The summed E-state index contributed by atoms with van der Waals surface area (Å²) < 4.78 is 0. The van der Waals surface area contributed by atoms with Gasteiger partial charge in [0.15, 0.2) is 0 Å². The van der Waals surface area contributed by atoms with Crippen molar-refractivity contribution in [1.82, 2.24) is 0 Å². The van der Waals surface area contributed by atoms with Crippen LogP contribution in [0.1, 0.15) is 38.5 Å². The molecule has 0 spiro atoms. The first-order chi connectivity index (χ1) is 5.63. The molecule has 0 atom stereocenters. The maximum absolute atomic E-state index is 10.0. The zero-order valence-electron chi connectivity index (χ0n) is 7.40. The van der Waals surface area contributed by atoms with Gasteiger partial charge in [-0.05, 0) is 12.8 Å². The molecule has 0 aromatic rings. The van der Waals surface area contributed by atoms with Gasteiger partial charge in [0, 0.05) is 39.0 Å². The summed E-state index contributed by atoms with van der Waals surface area (Å²) in [5.74, 6) is -1.57. The molecule has 0 unspecified atom stereocenters. The molecular formula is C8H14BiO4. The predicted molar refractivity (Wildman–Crippen MR) is 48.7 cm³/mol. The van der Waals surface area contributed by atoms with E-state index in [9.17, 15) is 9.59 Å². The van der Waals surface area contributed by atoms with E-state index in [1.54, 1.807) is 0 Å². The molecule has 0 saturated carbocycles. The van der Waals surface area contributed by atoms with Crippen molar-refractivity contribution in [2.45, 2.75) is 38.5 Å². The summed E-state index contributed by atoms with van der Waals surface area (Å²) in [6.45, 7) is 0. The van der Waals surface area contributed by atoms with Gasteiger partial charge in [0.05, 0.1) is 0 Å². The van der Waals surface area contributed by atoms with Crippen molar-refractivity contribution in [3.05, 3.63) is 0 Å². The summed E-state index contributed by atoms with van der Waals surface area (Å²) in [7, 11) is 0. The number of hydrogen-bond acceptors (Lipinski definition) is 2. The van der Waals surface area contributed by atoms with Crippen LogP contribution in [0.5, 0.6) is 0 Å².